The number of aromatic nitrogens is 2. The van der Waals surface area contributed by atoms with Crippen molar-refractivity contribution in [3.63, 3.8) is 0 Å². The molecule has 3 rings (SSSR count). The van der Waals surface area contributed by atoms with Crippen LogP contribution in [0.3, 0.4) is 0 Å². The maximum atomic E-state index is 5.29. The number of hydrogen-bond donors (Lipinski definition) is 1. The molecule has 1 saturated carbocycles. The molecule has 1 aromatic rings. The van der Waals surface area contributed by atoms with Gasteiger partial charge in [-0.1, -0.05) is 11.6 Å². The Kier molecular flexibility index (Phi) is 2.01. The first-order chi connectivity index (χ1) is 6.93. The van der Waals surface area contributed by atoms with Crippen LogP contribution in [-0.2, 0) is 0 Å². The molecule has 14 heavy (non-hydrogen) atoms. The van der Waals surface area contributed by atoms with E-state index in [1.54, 1.807) is 0 Å². The SMILES string of the molecule is C1CC(c2nc(C3CCNC3)no2)C1. The zero-order valence-electron chi connectivity index (χ0n) is 8.20. The van der Waals surface area contributed by atoms with Gasteiger partial charge in [0.2, 0.25) is 5.89 Å². The highest BCUT2D eigenvalue weighted by atomic mass is 16.5. The molecule has 4 nitrogen and oxygen atoms in total. The zero-order valence-corrected chi connectivity index (χ0v) is 8.20. The van der Waals surface area contributed by atoms with Crippen molar-refractivity contribution in [2.75, 3.05) is 13.1 Å². The maximum Gasteiger partial charge on any atom is 0.229 e. The molecule has 0 aromatic carbocycles. The molecular formula is C10H15N3O. The highest BCUT2D eigenvalue weighted by Crippen LogP contribution is 2.35. The summed E-state index contributed by atoms with van der Waals surface area (Å²) in [6.45, 7) is 2.08. The normalized spacial score (nSPS) is 27.9. The van der Waals surface area contributed by atoms with Crippen molar-refractivity contribution in [1.82, 2.24) is 15.5 Å². The van der Waals surface area contributed by atoms with Crippen LogP contribution in [0.2, 0.25) is 0 Å². The molecule has 4 heteroatoms. The van der Waals surface area contributed by atoms with Crippen LogP contribution in [0.1, 0.15) is 49.2 Å². The summed E-state index contributed by atoms with van der Waals surface area (Å²) in [6.07, 6.45) is 4.91. The minimum Gasteiger partial charge on any atom is -0.339 e. The lowest BCUT2D eigenvalue weighted by Gasteiger charge is -2.20. The van der Waals surface area contributed by atoms with E-state index in [9.17, 15) is 0 Å². The summed E-state index contributed by atoms with van der Waals surface area (Å²) in [5, 5.41) is 7.39. The van der Waals surface area contributed by atoms with Crippen LogP contribution in [0.25, 0.3) is 0 Å². The first-order valence-corrected chi connectivity index (χ1v) is 5.47. The first kappa shape index (κ1) is 8.41. The van der Waals surface area contributed by atoms with Gasteiger partial charge in [0.25, 0.3) is 0 Å². The monoisotopic (exact) mass is 193 g/mol. The lowest BCUT2D eigenvalue weighted by Crippen LogP contribution is -2.10. The van der Waals surface area contributed by atoms with E-state index in [4.69, 9.17) is 4.52 Å². The molecule has 1 aliphatic heterocycles. The fourth-order valence-corrected chi connectivity index (χ4v) is 2.11. The first-order valence-electron chi connectivity index (χ1n) is 5.47. The van der Waals surface area contributed by atoms with Gasteiger partial charge in [0, 0.05) is 18.4 Å². The van der Waals surface area contributed by atoms with Gasteiger partial charge in [0.15, 0.2) is 5.82 Å². The predicted molar refractivity (Wildman–Crippen MR) is 51.1 cm³/mol. The highest BCUT2D eigenvalue weighted by molar-refractivity contribution is 5.03. The molecule has 0 bridgehead atoms. The fourth-order valence-electron chi connectivity index (χ4n) is 2.11. The number of hydrogen-bond acceptors (Lipinski definition) is 4. The smallest absolute Gasteiger partial charge is 0.229 e. The second-order valence-electron chi connectivity index (χ2n) is 4.31. The van der Waals surface area contributed by atoms with E-state index in [0.717, 1.165) is 31.2 Å². The fraction of sp³-hybridized carbons (Fsp3) is 0.800. The predicted octanol–water partition coefficient (Wildman–Crippen LogP) is 1.41. The number of rotatable bonds is 2. The lowest BCUT2D eigenvalue weighted by atomic mass is 9.85. The maximum absolute atomic E-state index is 5.29. The van der Waals surface area contributed by atoms with E-state index in [-0.39, 0.29) is 0 Å². The zero-order chi connectivity index (χ0) is 9.38. The van der Waals surface area contributed by atoms with Crippen molar-refractivity contribution in [2.45, 2.75) is 37.5 Å². The van der Waals surface area contributed by atoms with Crippen LogP contribution in [0, 0.1) is 0 Å². The van der Waals surface area contributed by atoms with Crippen LogP contribution in [0.5, 0.6) is 0 Å². The van der Waals surface area contributed by atoms with Gasteiger partial charge in [-0.25, -0.2) is 0 Å². The largest absolute Gasteiger partial charge is 0.339 e. The van der Waals surface area contributed by atoms with Crippen molar-refractivity contribution >= 4 is 0 Å². The van der Waals surface area contributed by atoms with E-state index < -0.39 is 0 Å². The third-order valence-electron chi connectivity index (χ3n) is 3.34. The van der Waals surface area contributed by atoms with Crippen LogP contribution in [0.15, 0.2) is 4.52 Å². The van der Waals surface area contributed by atoms with Crippen LogP contribution in [0.4, 0.5) is 0 Å². The Morgan fingerprint density at radius 3 is 2.79 bits per heavy atom. The van der Waals surface area contributed by atoms with Gasteiger partial charge in [-0.2, -0.15) is 4.98 Å². The topological polar surface area (TPSA) is 51.0 Å². The third kappa shape index (κ3) is 1.34. The summed E-state index contributed by atoms with van der Waals surface area (Å²) >= 11 is 0. The van der Waals surface area contributed by atoms with Crippen LogP contribution < -0.4 is 5.32 Å². The molecule has 0 spiro atoms. The van der Waals surface area contributed by atoms with Gasteiger partial charge in [-0.3, -0.25) is 0 Å². The molecule has 76 valence electrons. The van der Waals surface area contributed by atoms with Crippen molar-refractivity contribution in [3.05, 3.63) is 11.7 Å². The van der Waals surface area contributed by atoms with E-state index in [0.29, 0.717) is 11.8 Å². The quantitative estimate of drug-likeness (QED) is 0.771. The summed E-state index contributed by atoms with van der Waals surface area (Å²) in [6, 6.07) is 0. The van der Waals surface area contributed by atoms with Gasteiger partial charge in [0.1, 0.15) is 0 Å². The Hall–Kier alpha value is -0.900. The molecule has 1 N–H and O–H groups in total. The van der Waals surface area contributed by atoms with E-state index in [2.05, 4.69) is 15.5 Å². The van der Waals surface area contributed by atoms with Crippen LogP contribution in [-0.4, -0.2) is 23.2 Å². The van der Waals surface area contributed by atoms with Gasteiger partial charge in [-0.05, 0) is 25.8 Å². The lowest BCUT2D eigenvalue weighted by molar-refractivity contribution is 0.290. The molecule has 2 aliphatic rings. The molecule has 0 amide bonds. The minimum atomic E-state index is 0.479. The van der Waals surface area contributed by atoms with Crippen molar-refractivity contribution in [2.24, 2.45) is 0 Å². The van der Waals surface area contributed by atoms with Gasteiger partial charge in [-0.15, -0.1) is 0 Å². The summed E-state index contributed by atoms with van der Waals surface area (Å²) < 4.78 is 5.29. The molecule has 0 radical (unpaired) electrons. The minimum absolute atomic E-state index is 0.479. The average molecular weight is 193 g/mol. The van der Waals surface area contributed by atoms with E-state index >= 15 is 0 Å². The standard InChI is InChI=1S/C10H15N3O/c1-2-7(3-1)10-12-9(13-14-10)8-4-5-11-6-8/h7-8,11H,1-6H2. The Labute approximate surface area is 83.1 Å². The summed E-state index contributed by atoms with van der Waals surface area (Å²) in [5.41, 5.74) is 0. The molecule has 2 heterocycles. The van der Waals surface area contributed by atoms with Gasteiger partial charge >= 0.3 is 0 Å². The van der Waals surface area contributed by atoms with Gasteiger partial charge in [0.05, 0.1) is 0 Å². The summed E-state index contributed by atoms with van der Waals surface area (Å²) in [4.78, 5) is 4.50. The number of nitrogens with one attached hydrogen (secondary N) is 1. The van der Waals surface area contributed by atoms with Crippen molar-refractivity contribution in [3.8, 4) is 0 Å². The van der Waals surface area contributed by atoms with Gasteiger partial charge < -0.3 is 9.84 Å². The second kappa shape index (κ2) is 3.35. The molecule has 1 aromatic heterocycles. The molecule has 2 fully saturated rings. The Morgan fingerprint density at radius 2 is 2.14 bits per heavy atom. The Balaban J connectivity index is 1.75. The van der Waals surface area contributed by atoms with Crippen LogP contribution >= 0.6 is 0 Å². The Morgan fingerprint density at radius 1 is 1.21 bits per heavy atom. The Bertz CT molecular complexity index is 313. The molecule has 1 saturated heterocycles. The second-order valence-corrected chi connectivity index (χ2v) is 4.31. The molecule has 1 atom stereocenters. The summed E-state index contributed by atoms with van der Waals surface area (Å²) in [7, 11) is 0. The molecular weight excluding hydrogens is 178 g/mol. The van der Waals surface area contributed by atoms with Crippen molar-refractivity contribution < 1.29 is 4.52 Å². The van der Waals surface area contributed by atoms with E-state index in [1.807, 2.05) is 0 Å². The average Bonchev–Trinajstić information content (AvgIpc) is 2.65. The molecule has 1 unspecified atom stereocenters. The third-order valence-corrected chi connectivity index (χ3v) is 3.34. The molecule has 1 aliphatic carbocycles. The summed E-state index contributed by atoms with van der Waals surface area (Å²) in [5.74, 6) is 2.83. The van der Waals surface area contributed by atoms with E-state index in [1.165, 1.54) is 19.3 Å². The number of nitrogens with zero attached hydrogens (tertiary/aromatic N) is 2. The highest BCUT2D eigenvalue weighted by Gasteiger charge is 2.28. The van der Waals surface area contributed by atoms with Crippen molar-refractivity contribution in [1.29, 1.82) is 0 Å².